The average Bonchev–Trinajstić information content (AvgIpc) is 3.03. The summed E-state index contributed by atoms with van der Waals surface area (Å²) in [6.45, 7) is 7.67. The number of amides is 1. The van der Waals surface area contributed by atoms with Crippen LogP contribution in [0.15, 0.2) is 53.4 Å². The maximum absolute atomic E-state index is 13.5. The van der Waals surface area contributed by atoms with E-state index in [1.165, 1.54) is 10.4 Å². The SMILES string of the molecule is C[C@H]1C[C@H](C)CN(C(=O)c2cccc(S(=O)(=O)N3c4ccccc4C[C@H]3C)c2)C1. The quantitative estimate of drug-likeness (QED) is 0.767. The molecule has 0 spiro atoms. The van der Waals surface area contributed by atoms with Crippen molar-refractivity contribution in [2.24, 2.45) is 11.8 Å². The summed E-state index contributed by atoms with van der Waals surface area (Å²) in [5, 5.41) is 0. The minimum atomic E-state index is -3.75. The highest BCUT2D eigenvalue weighted by atomic mass is 32.2. The summed E-state index contributed by atoms with van der Waals surface area (Å²) >= 11 is 0. The molecule has 0 aliphatic carbocycles. The van der Waals surface area contributed by atoms with Crippen molar-refractivity contribution in [3.05, 3.63) is 59.7 Å². The lowest BCUT2D eigenvalue weighted by atomic mass is 9.91. The molecule has 154 valence electrons. The Bertz CT molecular complexity index is 1020. The maximum atomic E-state index is 13.5. The van der Waals surface area contributed by atoms with Crippen LogP contribution in [0.25, 0.3) is 0 Å². The number of rotatable bonds is 3. The zero-order valence-electron chi connectivity index (χ0n) is 17.2. The zero-order valence-corrected chi connectivity index (χ0v) is 18.0. The van der Waals surface area contributed by atoms with Crippen LogP contribution in [0.5, 0.6) is 0 Å². The molecular formula is C23H28N2O3S. The first-order valence-corrected chi connectivity index (χ1v) is 11.7. The van der Waals surface area contributed by atoms with E-state index >= 15 is 0 Å². The highest BCUT2D eigenvalue weighted by Gasteiger charge is 2.36. The van der Waals surface area contributed by atoms with E-state index in [9.17, 15) is 13.2 Å². The standard InChI is InChI=1S/C23H28N2O3S/c1-16-11-17(2)15-24(14-16)23(26)20-8-6-9-21(13-20)29(27,28)25-18(3)12-19-7-4-5-10-22(19)25/h4-10,13,16-18H,11-12,14-15H2,1-3H3/t16-,17-,18+/m0/s1. The predicted molar refractivity (Wildman–Crippen MR) is 115 cm³/mol. The number of nitrogens with zero attached hydrogens (tertiary/aromatic N) is 2. The second kappa shape index (κ2) is 7.48. The molecule has 0 bridgehead atoms. The summed E-state index contributed by atoms with van der Waals surface area (Å²) in [6.07, 6.45) is 1.81. The molecule has 0 unspecified atom stereocenters. The number of benzene rings is 2. The van der Waals surface area contributed by atoms with Crippen molar-refractivity contribution >= 4 is 21.6 Å². The minimum absolute atomic E-state index is 0.0877. The van der Waals surface area contributed by atoms with Crippen LogP contribution in [0.2, 0.25) is 0 Å². The van der Waals surface area contributed by atoms with Crippen LogP contribution in [-0.4, -0.2) is 38.4 Å². The molecule has 2 aliphatic heterocycles. The summed E-state index contributed by atoms with van der Waals surface area (Å²) in [5.41, 5.74) is 2.20. The predicted octanol–water partition coefficient (Wildman–Crippen LogP) is 3.94. The summed E-state index contributed by atoms with van der Waals surface area (Å²) in [6, 6.07) is 14.0. The third-order valence-corrected chi connectivity index (χ3v) is 7.86. The lowest BCUT2D eigenvalue weighted by Gasteiger charge is -2.35. The Balaban J connectivity index is 1.66. The second-order valence-electron chi connectivity index (χ2n) is 8.67. The van der Waals surface area contributed by atoms with Crippen molar-refractivity contribution in [3.8, 4) is 0 Å². The highest BCUT2D eigenvalue weighted by Crippen LogP contribution is 2.36. The molecule has 1 saturated heterocycles. The molecule has 2 aliphatic rings. The van der Waals surface area contributed by atoms with Gasteiger partial charge in [0.1, 0.15) is 0 Å². The summed E-state index contributed by atoms with van der Waals surface area (Å²) in [5.74, 6) is 0.823. The van der Waals surface area contributed by atoms with E-state index in [0.717, 1.165) is 30.8 Å². The Morgan fingerprint density at radius 1 is 0.966 bits per heavy atom. The molecule has 0 saturated carbocycles. The van der Waals surface area contributed by atoms with Crippen molar-refractivity contribution < 1.29 is 13.2 Å². The molecule has 6 heteroatoms. The number of anilines is 1. The van der Waals surface area contributed by atoms with Gasteiger partial charge in [-0.05, 0) is 61.4 Å². The van der Waals surface area contributed by atoms with Gasteiger partial charge in [0.25, 0.3) is 15.9 Å². The molecule has 3 atom stereocenters. The molecule has 29 heavy (non-hydrogen) atoms. The molecule has 2 heterocycles. The Kier molecular flexibility index (Phi) is 5.15. The van der Waals surface area contributed by atoms with Crippen molar-refractivity contribution in [2.45, 2.75) is 44.6 Å². The summed E-state index contributed by atoms with van der Waals surface area (Å²) in [7, 11) is -3.75. The lowest BCUT2D eigenvalue weighted by molar-refractivity contribution is 0.0623. The van der Waals surface area contributed by atoms with E-state index < -0.39 is 10.0 Å². The van der Waals surface area contributed by atoms with Gasteiger partial charge < -0.3 is 4.90 Å². The van der Waals surface area contributed by atoms with Crippen LogP contribution in [0, 0.1) is 11.8 Å². The van der Waals surface area contributed by atoms with E-state index in [4.69, 9.17) is 0 Å². The van der Waals surface area contributed by atoms with Crippen LogP contribution in [0.3, 0.4) is 0 Å². The Labute approximate surface area is 173 Å². The van der Waals surface area contributed by atoms with Gasteiger partial charge in [0.15, 0.2) is 0 Å². The number of sulfonamides is 1. The van der Waals surface area contributed by atoms with E-state index in [1.54, 1.807) is 18.2 Å². The van der Waals surface area contributed by atoms with Crippen molar-refractivity contribution in [1.29, 1.82) is 0 Å². The van der Waals surface area contributed by atoms with Gasteiger partial charge in [-0.1, -0.05) is 38.1 Å². The van der Waals surface area contributed by atoms with E-state index in [2.05, 4.69) is 13.8 Å². The first kappa shape index (κ1) is 20.0. The fourth-order valence-corrected chi connectivity index (χ4v) is 6.56. The first-order chi connectivity index (χ1) is 13.8. The van der Waals surface area contributed by atoms with E-state index in [-0.39, 0.29) is 16.8 Å². The van der Waals surface area contributed by atoms with Gasteiger partial charge in [0, 0.05) is 24.7 Å². The monoisotopic (exact) mass is 412 g/mol. The van der Waals surface area contributed by atoms with Crippen molar-refractivity contribution in [2.75, 3.05) is 17.4 Å². The molecule has 1 fully saturated rings. The molecule has 2 aromatic carbocycles. The topological polar surface area (TPSA) is 57.7 Å². The number of para-hydroxylation sites is 1. The van der Waals surface area contributed by atoms with E-state index in [1.807, 2.05) is 36.1 Å². The van der Waals surface area contributed by atoms with Gasteiger partial charge >= 0.3 is 0 Å². The van der Waals surface area contributed by atoms with Gasteiger partial charge in [0.05, 0.1) is 10.6 Å². The van der Waals surface area contributed by atoms with Crippen LogP contribution >= 0.6 is 0 Å². The highest BCUT2D eigenvalue weighted by molar-refractivity contribution is 7.92. The Hall–Kier alpha value is -2.34. The number of carbonyl (C=O) groups excluding carboxylic acids is 1. The molecule has 2 aromatic rings. The fourth-order valence-electron chi connectivity index (χ4n) is 4.82. The molecule has 1 amide bonds. The first-order valence-electron chi connectivity index (χ1n) is 10.3. The molecule has 5 nitrogen and oxygen atoms in total. The van der Waals surface area contributed by atoms with Crippen molar-refractivity contribution in [1.82, 2.24) is 4.90 Å². The van der Waals surface area contributed by atoms with Gasteiger partial charge in [-0.2, -0.15) is 0 Å². The number of hydrogen-bond donors (Lipinski definition) is 0. The lowest BCUT2D eigenvalue weighted by Crippen LogP contribution is -2.42. The summed E-state index contributed by atoms with van der Waals surface area (Å²) in [4.78, 5) is 15.1. The average molecular weight is 413 g/mol. The Morgan fingerprint density at radius 2 is 1.66 bits per heavy atom. The van der Waals surface area contributed by atoms with Crippen molar-refractivity contribution in [3.63, 3.8) is 0 Å². The fraction of sp³-hybridized carbons (Fsp3) is 0.435. The van der Waals surface area contributed by atoms with Gasteiger partial charge in [0.2, 0.25) is 0 Å². The van der Waals surface area contributed by atoms with Gasteiger partial charge in [-0.15, -0.1) is 0 Å². The van der Waals surface area contributed by atoms with Crippen LogP contribution in [0.1, 0.15) is 43.1 Å². The number of likely N-dealkylation sites (tertiary alicyclic amines) is 1. The van der Waals surface area contributed by atoms with Gasteiger partial charge in [-0.3, -0.25) is 9.10 Å². The minimum Gasteiger partial charge on any atom is -0.338 e. The molecule has 0 N–H and O–H groups in total. The maximum Gasteiger partial charge on any atom is 0.264 e. The third-order valence-electron chi connectivity index (χ3n) is 5.94. The normalized spacial score (nSPS) is 24.4. The van der Waals surface area contributed by atoms with Crippen LogP contribution in [-0.2, 0) is 16.4 Å². The zero-order chi connectivity index (χ0) is 20.8. The number of fused-ring (bicyclic) bond motifs is 1. The molecular weight excluding hydrogens is 384 g/mol. The number of carbonyl (C=O) groups is 1. The molecule has 0 aromatic heterocycles. The van der Waals surface area contributed by atoms with Crippen LogP contribution in [0.4, 0.5) is 5.69 Å². The smallest absolute Gasteiger partial charge is 0.264 e. The molecule has 4 rings (SSSR count). The largest absolute Gasteiger partial charge is 0.338 e. The van der Waals surface area contributed by atoms with Crippen LogP contribution < -0.4 is 4.31 Å². The second-order valence-corrected chi connectivity index (χ2v) is 10.5. The van der Waals surface area contributed by atoms with E-state index in [0.29, 0.717) is 23.8 Å². The van der Waals surface area contributed by atoms with Gasteiger partial charge in [-0.25, -0.2) is 8.42 Å². The number of piperidine rings is 1. The number of hydrogen-bond acceptors (Lipinski definition) is 3. The third kappa shape index (κ3) is 3.66. The summed E-state index contributed by atoms with van der Waals surface area (Å²) < 4.78 is 28.4. The molecule has 0 radical (unpaired) electrons. The Morgan fingerprint density at radius 3 is 2.38 bits per heavy atom.